The summed E-state index contributed by atoms with van der Waals surface area (Å²) in [5.74, 6) is -0.964. The summed E-state index contributed by atoms with van der Waals surface area (Å²) in [6, 6.07) is 13.4. The van der Waals surface area contributed by atoms with Crippen molar-refractivity contribution in [1.82, 2.24) is 0 Å². The summed E-state index contributed by atoms with van der Waals surface area (Å²) in [5.41, 5.74) is 5.49. The molecule has 2 aromatic carbocycles. The molecule has 0 bridgehead atoms. The lowest BCUT2D eigenvalue weighted by atomic mass is 9.88. The number of carbonyl (C=O) groups excluding carboxylic acids is 2. The number of ketones is 1. The maximum atomic E-state index is 12.4. The van der Waals surface area contributed by atoms with Gasteiger partial charge in [0.15, 0.2) is 11.4 Å². The first-order chi connectivity index (χ1) is 10.0. The van der Waals surface area contributed by atoms with Crippen LogP contribution >= 0.6 is 0 Å². The number of hydrogen-bond donors (Lipinski definition) is 3. The van der Waals surface area contributed by atoms with E-state index in [2.05, 4.69) is 5.32 Å². The van der Waals surface area contributed by atoms with Gasteiger partial charge in [0.1, 0.15) is 0 Å². The Hall–Kier alpha value is -2.66. The van der Waals surface area contributed by atoms with Crippen LogP contribution in [0.4, 0.5) is 11.4 Å². The third-order valence-corrected chi connectivity index (χ3v) is 3.67. The molecule has 21 heavy (non-hydrogen) atoms. The Bertz CT molecular complexity index is 742. The van der Waals surface area contributed by atoms with Crippen LogP contribution in [0, 0.1) is 0 Å². The number of hydrogen-bond acceptors (Lipinski definition) is 4. The number of anilines is 2. The third-order valence-electron chi connectivity index (χ3n) is 3.67. The zero-order chi connectivity index (χ0) is 15.0. The lowest BCUT2D eigenvalue weighted by Gasteiger charge is -2.20. The van der Waals surface area contributed by atoms with Gasteiger partial charge in [-0.1, -0.05) is 30.3 Å². The molecular formula is C16H14N2O3. The zero-order valence-corrected chi connectivity index (χ0v) is 11.2. The van der Waals surface area contributed by atoms with Crippen LogP contribution < -0.4 is 11.1 Å². The van der Waals surface area contributed by atoms with Gasteiger partial charge in [-0.25, -0.2) is 0 Å². The van der Waals surface area contributed by atoms with E-state index >= 15 is 0 Å². The van der Waals surface area contributed by atoms with E-state index < -0.39 is 11.5 Å². The summed E-state index contributed by atoms with van der Waals surface area (Å²) in [6.07, 6.45) is -0.343. The fourth-order valence-corrected chi connectivity index (χ4v) is 2.55. The molecule has 106 valence electrons. The quantitative estimate of drug-likeness (QED) is 0.590. The van der Waals surface area contributed by atoms with Crippen LogP contribution in [-0.4, -0.2) is 16.8 Å². The molecule has 5 nitrogen and oxygen atoms in total. The minimum atomic E-state index is -1.85. The second kappa shape index (κ2) is 4.71. The number of rotatable bonds is 3. The fraction of sp³-hybridized carbons (Fsp3) is 0.125. The van der Waals surface area contributed by atoms with Crippen molar-refractivity contribution in [2.75, 3.05) is 11.1 Å². The van der Waals surface area contributed by atoms with E-state index in [0.29, 0.717) is 22.5 Å². The SMILES string of the molecule is Nc1ccccc1C(=O)CC1(O)C(=O)Nc2ccccc21. The predicted molar refractivity (Wildman–Crippen MR) is 78.8 cm³/mol. The lowest BCUT2D eigenvalue weighted by Crippen LogP contribution is -2.36. The number of nitrogens with one attached hydrogen (secondary N) is 1. The molecule has 1 atom stereocenters. The zero-order valence-electron chi connectivity index (χ0n) is 11.2. The number of para-hydroxylation sites is 2. The van der Waals surface area contributed by atoms with E-state index in [1.54, 1.807) is 48.5 Å². The molecule has 0 saturated heterocycles. The number of aliphatic hydroxyl groups is 1. The molecule has 0 fully saturated rings. The number of fused-ring (bicyclic) bond motifs is 1. The van der Waals surface area contributed by atoms with Crippen molar-refractivity contribution in [2.24, 2.45) is 0 Å². The van der Waals surface area contributed by atoms with Crippen molar-refractivity contribution in [1.29, 1.82) is 0 Å². The summed E-state index contributed by atoms with van der Waals surface area (Å²) in [5, 5.41) is 13.2. The van der Waals surface area contributed by atoms with E-state index in [4.69, 9.17) is 5.73 Å². The Balaban J connectivity index is 1.96. The van der Waals surface area contributed by atoms with Crippen LogP contribution in [0.2, 0.25) is 0 Å². The van der Waals surface area contributed by atoms with Gasteiger partial charge in [-0.2, -0.15) is 0 Å². The third kappa shape index (κ3) is 2.08. The number of Topliss-reactive ketones (excluding diaryl/α,β-unsaturated/α-hetero) is 1. The van der Waals surface area contributed by atoms with E-state index in [0.717, 1.165) is 0 Å². The molecule has 0 aliphatic carbocycles. The topological polar surface area (TPSA) is 92.4 Å². The molecule has 1 unspecified atom stereocenters. The van der Waals surface area contributed by atoms with Crippen molar-refractivity contribution >= 4 is 23.1 Å². The van der Waals surface area contributed by atoms with Crippen molar-refractivity contribution in [3.63, 3.8) is 0 Å². The molecule has 0 aromatic heterocycles. The molecule has 1 heterocycles. The van der Waals surface area contributed by atoms with Crippen LogP contribution in [0.3, 0.4) is 0 Å². The molecule has 1 aliphatic heterocycles. The minimum Gasteiger partial charge on any atom is -0.398 e. The molecular weight excluding hydrogens is 268 g/mol. The Morgan fingerprint density at radius 2 is 1.81 bits per heavy atom. The van der Waals surface area contributed by atoms with E-state index in [1.165, 1.54) is 0 Å². The average molecular weight is 282 g/mol. The normalized spacial score (nSPS) is 20.0. The molecule has 4 N–H and O–H groups in total. The number of nitrogen functional groups attached to an aromatic ring is 1. The Morgan fingerprint density at radius 1 is 1.14 bits per heavy atom. The van der Waals surface area contributed by atoms with Crippen LogP contribution in [0.15, 0.2) is 48.5 Å². The molecule has 2 aromatic rings. The second-order valence-electron chi connectivity index (χ2n) is 5.05. The first-order valence-corrected chi connectivity index (χ1v) is 6.53. The van der Waals surface area contributed by atoms with Gasteiger partial charge in [0.25, 0.3) is 5.91 Å². The first-order valence-electron chi connectivity index (χ1n) is 6.53. The molecule has 0 radical (unpaired) electrons. The number of carbonyl (C=O) groups is 2. The smallest absolute Gasteiger partial charge is 0.261 e. The van der Waals surface area contributed by atoms with Crippen LogP contribution in [0.5, 0.6) is 0 Å². The van der Waals surface area contributed by atoms with Crippen LogP contribution in [0.25, 0.3) is 0 Å². The van der Waals surface area contributed by atoms with E-state index in [-0.39, 0.29) is 12.2 Å². The summed E-state index contributed by atoms with van der Waals surface area (Å²) in [6.45, 7) is 0. The standard InChI is InChI=1S/C16H14N2O3/c17-12-7-3-1-5-10(12)14(19)9-16(21)11-6-2-4-8-13(11)18-15(16)20/h1-8,21H,9,17H2,(H,18,20). The largest absolute Gasteiger partial charge is 0.398 e. The Kier molecular flexibility index (Phi) is 2.99. The van der Waals surface area contributed by atoms with Crippen molar-refractivity contribution in [2.45, 2.75) is 12.0 Å². The lowest BCUT2D eigenvalue weighted by molar-refractivity contribution is -0.133. The minimum absolute atomic E-state index is 0.308. The molecule has 1 amide bonds. The Morgan fingerprint density at radius 3 is 2.57 bits per heavy atom. The number of amides is 1. The predicted octanol–water partition coefficient (Wildman–Crippen LogP) is 1.68. The van der Waals surface area contributed by atoms with E-state index in [9.17, 15) is 14.7 Å². The van der Waals surface area contributed by atoms with Gasteiger partial charge < -0.3 is 16.2 Å². The molecule has 0 saturated carbocycles. The fourth-order valence-electron chi connectivity index (χ4n) is 2.55. The van der Waals surface area contributed by atoms with Gasteiger partial charge in [0.2, 0.25) is 0 Å². The maximum absolute atomic E-state index is 12.4. The van der Waals surface area contributed by atoms with Crippen LogP contribution in [-0.2, 0) is 10.4 Å². The maximum Gasteiger partial charge on any atom is 0.261 e. The highest BCUT2D eigenvalue weighted by Gasteiger charge is 2.46. The second-order valence-corrected chi connectivity index (χ2v) is 5.05. The summed E-state index contributed by atoms with van der Waals surface area (Å²) < 4.78 is 0. The molecule has 5 heteroatoms. The van der Waals surface area contributed by atoms with Gasteiger partial charge in [-0.3, -0.25) is 9.59 Å². The summed E-state index contributed by atoms with van der Waals surface area (Å²) in [7, 11) is 0. The highest BCUT2D eigenvalue weighted by Crippen LogP contribution is 2.39. The van der Waals surface area contributed by atoms with Gasteiger partial charge in [0.05, 0.1) is 6.42 Å². The highest BCUT2D eigenvalue weighted by molar-refractivity contribution is 6.10. The van der Waals surface area contributed by atoms with Crippen molar-refractivity contribution < 1.29 is 14.7 Å². The van der Waals surface area contributed by atoms with E-state index in [1.807, 2.05) is 0 Å². The van der Waals surface area contributed by atoms with Crippen molar-refractivity contribution in [3.05, 3.63) is 59.7 Å². The van der Waals surface area contributed by atoms with Gasteiger partial charge >= 0.3 is 0 Å². The van der Waals surface area contributed by atoms with Gasteiger partial charge in [-0.05, 0) is 18.2 Å². The van der Waals surface area contributed by atoms with Crippen LogP contribution in [0.1, 0.15) is 22.3 Å². The monoisotopic (exact) mass is 282 g/mol. The summed E-state index contributed by atoms with van der Waals surface area (Å²) in [4.78, 5) is 24.4. The summed E-state index contributed by atoms with van der Waals surface area (Å²) >= 11 is 0. The Labute approximate surface area is 121 Å². The molecule has 0 spiro atoms. The average Bonchev–Trinajstić information content (AvgIpc) is 2.71. The highest BCUT2D eigenvalue weighted by atomic mass is 16.3. The number of benzene rings is 2. The molecule has 1 aliphatic rings. The first kappa shape index (κ1) is 13.3. The van der Waals surface area contributed by atoms with Gasteiger partial charge in [0, 0.05) is 22.5 Å². The van der Waals surface area contributed by atoms with Crippen molar-refractivity contribution in [3.8, 4) is 0 Å². The van der Waals surface area contributed by atoms with Gasteiger partial charge in [-0.15, -0.1) is 0 Å². The molecule has 3 rings (SSSR count). The number of nitrogens with two attached hydrogens (primary N) is 1.